The number of benzene rings is 1. The van der Waals surface area contributed by atoms with Gasteiger partial charge in [0.05, 0.1) is 5.75 Å². The van der Waals surface area contributed by atoms with Crippen LogP contribution in [0.2, 0.25) is 0 Å². The van der Waals surface area contributed by atoms with Gasteiger partial charge in [-0.15, -0.1) is 10.2 Å². The molecule has 0 unspecified atom stereocenters. The summed E-state index contributed by atoms with van der Waals surface area (Å²) in [4.78, 5) is 10.5. The molecule has 0 fully saturated rings. The van der Waals surface area contributed by atoms with E-state index in [-0.39, 0.29) is 22.6 Å². The number of carbonyl (C=O) groups is 1. The summed E-state index contributed by atoms with van der Waals surface area (Å²) in [5, 5.41) is 16.3. The fraction of sp³-hybridized carbons (Fsp3) is 0.250. The highest BCUT2D eigenvalue weighted by Gasteiger charge is 2.11. The fourth-order valence-corrected chi connectivity index (χ4v) is 2.56. The van der Waals surface area contributed by atoms with E-state index in [1.165, 1.54) is 0 Å². The van der Waals surface area contributed by atoms with Gasteiger partial charge in [-0.25, -0.2) is 8.42 Å². The Labute approximate surface area is 131 Å². The molecule has 0 atom stereocenters. The van der Waals surface area contributed by atoms with Crippen molar-refractivity contribution in [1.82, 2.24) is 10.2 Å². The first-order chi connectivity index (χ1) is 10.4. The minimum Gasteiger partial charge on any atom is -0.481 e. The van der Waals surface area contributed by atoms with Crippen LogP contribution in [0.1, 0.15) is 6.92 Å². The first kappa shape index (κ1) is 16.3. The third-order valence-electron chi connectivity index (χ3n) is 2.51. The van der Waals surface area contributed by atoms with Gasteiger partial charge in [-0.2, -0.15) is 0 Å². The van der Waals surface area contributed by atoms with Crippen LogP contribution in [-0.2, 0) is 14.8 Å². The van der Waals surface area contributed by atoms with Gasteiger partial charge in [0.2, 0.25) is 15.9 Å². The van der Waals surface area contributed by atoms with Crippen molar-refractivity contribution in [2.75, 3.05) is 16.2 Å². The SMILES string of the molecule is CCS(=O)(=O)Nc1ccc(-c2nnc(SCC(=O)O)o2)cc1. The van der Waals surface area contributed by atoms with Crippen LogP contribution in [0.3, 0.4) is 0 Å². The van der Waals surface area contributed by atoms with Crippen LogP contribution in [0.15, 0.2) is 33.9 Å². The monoisotopic (exact) mass is 343 g/mol. The Balaban J connectivity index is 2.09. The zero-order valence-electron chi connectivity index (χ0n) is 11.5. The molecule has 0 aliphatic carbocycles. The van der Waals surface area contributed by atoms with Crippen molar-refractivity contribution in [2.24, 2.45) is 0 Å². The molecule has 2 N–H and O–H groups in total. The molecule has 1 aromatic heterocycles. The summed E-state index contributed by atoms with van der Waals surface area (Å²) in [5.41, 5.74) is 1.04. The number of aliphatic carboxylic acids is 1. The Hall–Kier alpha value is -2.07. The fourth-order valence-electron chi connectivity index (χ4n) is 1.44. The van der Waals surface area contributed by atoms with E-state index in [0.717, 1.165) is 11.8 Å². The number of hydrogen-bond acceptors (Lipinski definition) is 7. The first-order valence-corrected chi connectivity index (χ1v) is 8.82. The second kappa shape index (κ2) is 6.79. The van der Waals surface area contributed by atoms with E-state index in [9.17, 15) is 13.2 Å². The van der Waals surface area contributed by atoms with Gasteiger partial charge in [0.1, 0.15) is 5.75 Å². The second-order valence-electron chi connectivity index (χ2n) is 4.14. The van der Waals surface area contributed by atoms with E-state index in [4.69, 9.17) is 9.52 Å². The van der Waals surface area contributed by atoms with Crippen LogP contribution in [0, 0.1) is 0 Å². The molecule has 1 aromatic carbocycles. The van der Waals surface area contributed by atoms with E-state index in [0.29, 0.717) is 11.3 Å². The van der Waals surface area contributed by atoms with Crippen molar-refractivity contribution in [3.8, 4) is 11.5 Å². The number of carboxylic acids is 1. The van der Waals surface area contributed by atoms with Gasteiger partial charge in [-0.3, -0.25) is 9.52 Å². The Morgan fingerprint density at radius 3 is 2.59 bits per heavy atom. The quantitative estimate of drug-likeness (QED) is 0.728. The Morgan fingerprint density at radius 2 is 2.00 bits per heavy atom. The molecule has 10 heteroatoms. The number of anilines is 1. The standard InChI is InChI=1S/C12H13N3O5S2/c1-2-22(18,19)15-9-5-3-8(4-6-9)11-13-14-12(20-11)21-7-10(16)17/h3-6,15H,2,7H2,1H3,(H,16,17). The second-order valence-corrected chi connectivity index (χ2v) is 7.08. The van der Waals surface area contributed by atoms with Gasteiger partial charge in [0, 0.05) is 11.3 Å². The minimum atomic E-state index is -3.32. The van der Waals surface area contributed by atoms with Gasteiger partial charge in [0.15, 0.2) is 0 Å². The molecule has 0 bridgehead atoms. The lowest BCUT2D eigenvalue weighted by Crippen LogP contribution is -2.14. The molecular weight excluding hydrogens is 330 g/mol. The van der Waals surface area contributed by atoms with Gasteiger partial charge in [0.25, 0.3) is 5.22 Å². The van der Waals surface area contributed by atoms with E-state index >= 15 is 0 Å². The maximum atomic E-state index is 11.5. The summed E-state index contributed by atoms with van der Waals surface area (Å²) >= 11 is 0.927. The number of hydrogen-bond donors (Lipinski definition) is 2. The Kier molecular flexibility index (Phi) is 5.03. The Morgan fingerprint density at radius 1 is 1.32 bits per heavy atom. The van der Waals surface area contributed by atoms with E-state index in [2.05, 4.69) is 14.9 Å². The molecular formula is C12H13N3O5S2. The maximum Gasteiger partial charge on any atom is 0.314 e. The highest BCUT2D eigenvalue weighted by molar-refractivity contribution is 7.99. The molecule has 0 spiro atoms. The Bertz CT molecular complexity index is 755. The predicted octanol–water partition coefficient (Wildman–Crippen LogP) is 1.67. The van der Waals surface area contributed by atoms with Crippen molar-refractivity contribution in [1.29, 1.82) is 0 Å². The van der Waals surface area contributed by atoms with Crippen LogP contribution in [0.5, 0.6) is 0 Å². The lowest BCUT2D eigenvalue weighted by molar-refractivity contribution is -0.133. The van der Waals surface area contributed by atoms with Crippen molar-refractivity contribution in [3.63, 3.8) is 0 Å². The summed E-state index contributed by atoms with van der Waals surface area (Å²) in [7, 11) is -3.32. The number of sulfonamides is 1. The molecule has 0 radical (unpaired) electrons. The highest BCUT2D eigenvalue weighted by atomic mass is 32.2. The normalized spacial score (nSPS) is 11.3. The van der Waals surface area contributed by atoms with Crippen LogP contribution in [0.4, 0.5) is 5.69 Å². The highest BCUT2D eigenvalue weighted by Crippen LogP contribution is 2.24. The van der Waals surface area contributed by atoms with Crippen LogP contribution < -0.4 is 4.72 Å². The van der Waals surface area contributed by atoms with E-state index < -0.39 is 16.0 Å². The number of nitrogens with zero attached hydrogens (tertiary/aromatic N) is 2. The van der Waals surface area contributed by atoms with E-state index in [1.54, 1.807) is 31.2 Å². The van der Waals surface area contributed by atoms with Crippen LogP contribution in [0.25, 0.3) is 11.5 Å². The van der Waals surface area contributed by atoms with Crippen molar-refractivity contribution >= 4 is 33.4 Å². The molecule has 0 amide bonds. The number of carboxylic acid groups (broad SMARTS) is 1. The zero-order valence-corrected chi connectivity index (χ0v) is 13.1. The van der Waals surface area contributed by atoms with Crippen LogP contribution >= 0.6 is 11.8 Å². The molecule has 0 aliphatic rings. The topological polar surface area (TPSA) is 122 Å². The average Bonchev–Trinajstić information content (AvgIpc) is 2.94. The molecule has 118 valence electrons. The molecule has 1 heterocycles. The maximum absolute atomic E-state index is 11.5. The van der Waals surface area contributed by atoms with E-state index in [1.807, 2.05) is 0 Å². The van der Waals surface area contributed by atoms with Crippen LogP contribution in [-0.4, -0.2) is 41.2 Å². The predicted molar refractivity (Wildman–Crippen MR) is 81.2 cm³/mol. The average molecular weight is 343 g/mol. The van der Waals surface area contributed by atoms with Gasteiger partial charge in [-0.1, -0.05) is 11.8 Å². The number of aromatic nitrogens is 2. The summed E-state index contributed by atoms with van der Waals surface area (Å²) in [5.74, 6) is -0.919. The van der Waals surface area contributed by atoms with Crippen molar-refractivity contribution in [3.05, 3.63) is 24.3 Å². The minimum absolute atomic E-state index is 0.0113. The summed E-state index contributed by atoms with van der Waals surface area (Å²) in [6.07, 6.45) is 0. The zero-order chi connectivity index (χ0) is 16.2. The summed E-state index contributed by atoms with van der Waals surface area (Å²) in [6, 6.07) is 6.42. The number of rotatable bonds is 7. The molecule has 22 heavy (non-hydrogen) atoms. The smallest absolute Gasteiger partial charge is 0.314 e. The van der Waals surface area contributed by atoms with Crippen molar-refractivity contribution in [2.45, 2.75) is 12.1 Å². The molecule has 0 saturated heterocycles. The van der Waals surface area contributed by atoms with Gasteiger partial charge < -0.3 is 9.52 Å². The lowest BCUT2D eigenvalue weighted by Gasteiger charge is -2.05. The van der Waals surface area contributed by atoms with Gasteiger partial charge >= 0.3 is 5.97 Å². The van der Waals surface area contributed by atoms with Crippen molar-refractivity contribution < 1.29 is 22.7 Å². The van der Waals surface area contributed by atoms with Gasteiger partial charge in [-0.05, 0) is 31.2 Å². The molecule has 0 aliphatic heterocycles. The summed E-state index contributed by atoms with van der Waals surface area (Å²) < 4.78 is 30.6. The molecule has 2 aromatic rings. The first-order valence-electron chi connectivity index (χ1n) is 6.18. The molecule has 2 rings (SSSR count). The third kappa shape index (κ3) is 4.46. The number of thioether (sulfide) groups is 1. The lowest BCUT2D eigenvalue weighted by atomic mass is 10.2. The summed E-state index contributed by atoms with van der Waals surface area (Å²) in [6.45, 7) is 1.55. The largest absolute Gasteiger partial charge is 0.481 e. The molecule has 0 saturated carbocycles. The number of nitrogens with one attached hydrogen (secondary N) is 1. The third-order valence-corrected chi connectivity index (χ3v) is 4.62. The molecule has 8 nitrogen and oxygen atoms in total.